The summed E-state index contributed by atoms with van der Waals surface area (Å²) in [5.41, 5.74) is 7.12. The van der Waals surface area contributed by atoms with Crippen LogP contribution in [0.25, 0.3) is 0 Å². The number of nitrogen functional groups attached to an aromatic ring is 1. The van der Waals surface area contributed by atoms with Crippen molar-refractivity contribution >= 4 is 11.6 Å². The first kappa shape index (κ1) is 14.1. The lowest BCUT2D eigenvalue weighted by Gasteiger charge is -2.17. The average Bonchev–Trinajstić information content (AvgIpc) is 3.13. The SMILES string of the molecule is CCCc1nc(N)c(C)c(NCC2(CCO)CC2)n1. The van der Waals surface area contributed by atoms with E-state index in [2.05, 4.69) is 22.2 Å². The minimum absolute atomic E-state index is 0.258. The number of nitrogens with one attached hydrogen (secondary N) is 1. The largest absolute Gasteiger partial charge is 0.396 e. The van der Waals surface area contributed by atoms with E-state index in [9.17, 15) is 0 Å². The Hall–Kier alpha value is -1.36. The fraction of sp³-hybridized carbons (Fsp3) is 0.714. The lowest BCUT2D eigenvalue weighted by Crippen LogP contribution is -2.19. The van der Waals surface area contributed by atoms with Gasteiger partial charge in [0.15, 0.2) is 0 Å². The summed E-state index contributed by atoms with van der Waals surface area (Å²) in [5, 5.41) is 12.5. The highest BCUT2D eigenvalue weighted by Crippen LogP contribution is 2.48. The van der Waals surface area contributed by atoms with Gasteiger partial charge in [-0.1, -0.05) is 6.92 Å². The summed E-state index contributed by atoms with van der Waals surface area (Å²) in [4.78, 5) is 8.86. The zero-order valence-electron chi connectivity index (χ0n) is 11.9. The highest BCUT2D eigenvalue weighted by Gasteiger charge is 2.41. The van der Waals surface area contributed by atoms with Crippen molar-refractivity contribution in [1.29, 1.82) is 0 Å². The molecule has 5 heteroatoms. The Morgan fingerprint density at radius 3 is 2.68 bits per heavy atom. The van der Waals surface area contributed by atoms with E-state index in [0.717, 1.165) is 43.0 Å². The minimum Gasteiger partial charge on any atom is -0.396 e. The second-order valence-corrected chi connectivity index (χ2v) is 5.58. The monoisotopic (exact) mass is 264 g/mol. The van der Waals surface area contributed by atoms with Gasteiger partial charge in [-0.15, -0.1) is 0 Å². The highest BCUT2D eigenvalue weighted by molar-refractivity contribution is 5.55. The first-order valence-corrected chi connectivity index (χ1v) is 7.08. The quantitative estimate of drug-likeness (QED) is 0.700. The van der Waals surface area contributed by atoms with Crippen molar-refractivity contribution in [3.8, 4) is 0 Å². The van der Waals surface area contributed by atoms with Gasteiger partial charge in [-0.2, -0.15) is 0 Å². The summed E-state index contributed by atoms with van der Waals surface area (Å²) in [7, 11) is 0. The van der Waals surface area contributed by atoms with Gasteiger partial charge in [-0.05, 0) is 38.0 Å². The van der Waals surface area contributed by atoms with Crippen LogP contribution in [0.5, 0.6) is 0 Å². The third-order valence-corrected chi connectivity index (χ3v) is 3.93. The third-order valence-electron chi connectivity index (χ3n) is 3.93. The van der Waals surface area contributed by atoms with Gasteiger partial charge in [-0.3, -0.25) is 0 Å². The summed E-state index contributed by atoms with van der Waals surface area (Å²) >= 11 is 0. The Balaban J connectivity index is 2.06. The number of aryl methyl sites for hydroxylation is 1. The van der Waals surface area contributed by atoms with E-state index < -0.39 is 0 Å². The van der Waals surface area contributed by atoms with E-state index in [4.69, 9.17) is 10.8 Å². The molecule has 0 radical (unpaired) electrons. The standard InChI is InChI=1S/C14H24N4O/c1-3-4-11-17-12(15)10(2)13(18-11)16-9-14(5-6-14)7-8-19/h19H,3-9H2,1-2H3,(H3,15,16,17,18). The first-order chi connectivity index (χ1) is 9.10. The van der Waals surface area contributed by atoms with E-state index in [1.54, 1.807) is 0 Å². The van der Waals surface area contributed by atoms with Gasteiger partial charge in [0.1, 0.15) is 17.5 Å². The summed E-state index contributed by atoms with van der Waals surface area (Å²) in [6.45, 7) is 5.16. The average molecular weight is 264 g/mol. The van der Waals surface area contributed by atoms with Crippen LogP contribution in [0.4, 0.5) is 11.6 Å². The van der Waals surface area contributed by atoms with Crippen LogP contribution in [0.1, 0.15) is 44.0 Å². The molecule has 106 valence electrons. The number of rotatable bonds is 7. The number of nitrogens with zero attached hydrogens (tertiary/aromatic N) is 2. The molecule has 0 bridgehead atoms. The number of aliphatic hydroxyl groups excluding tert-OH is 1. The molecule has 1 saturated carbocycles. The minimum atomic E-state index is 0.258. The topological polar surface area (TPSA) is 84.1 Å². The van der Waals surface area contributed by atoms with Gasteiger partial charge in [0.2, 0.25) is 0 Å². The molecule has 0 aliphatic heterocycles. The van der Waals surface area contributed by atoms with E-state index in [1.807, 2.05) is 6.92 Å². The van der Waals surface area contributed by atoms with Gasteiger partial charge in [0.25, 0.3) is 0 Å². The molecule has 0 aromatic carbocycles. The van der Waals surface area contributed by atoms with Crippen molar-refractivity contribution in [2.45, 2.75) is 46.0 Å². The van der Waals surface area contributed by atoms with Crippen LogP contribution in [0.3, 0.4) is 0 Å². The second-order valence-electron chi connectivity index (χ2n) is 5.58. The van der Waals surface area contributed by atoms with Crippen LogP contribution in [0.15, 0.2) is 0 Å². The molecule has 0 amide bonds. The molecule has 0 spiro atoms. The smallest absolute Gasteiger partial charge is 0.134 e. The fourth-order valence-electron chi connectivity index (χ4n) is 2.29. The van der Waals surface area contributed by atoms with Crippen LogP contribution < -0.4 is 11.1 Å². The lowest BCUT2D eigenvalue weighted by molar-refractivity contribution is 0.253. The molecule has 0 saturated heterocycles. The van der Waals surface area contributed by atoms with Crippen LogP contribution in [0, 0.1) is 12.3 Å². The van der Waals surface area contributed by atoms with Gasteiger partial charge >= 0.3 is 0 Å². The molecule has 2 rings (SSSR count). The maximum Gasteiger partial charge on any atom is 0.134 e. The molecular weight excluding hydrogens is 240 g/mol. The zero-order chi connectivity index (χ0) is 13.9. The lowest BCUT2D eigenvalue weighted by atomic mass is 10.0. The van der Waals surface area contributed by atoms with E-state index in [-0.39, 0.29) is 12.0 Å². The summed E-state index contributed by atoms with van der Waals surface area (Å²) in [5.74, 6) is 2.22. The van der Waals surface area contributed by atoms with Crippen LogP contribution in [0.2, 0.25) is 0 Å². The molecule has 19 heavy (non-hydrogen) atoms. The van der Waals surface area contributed by atoms with Gasteiger partial charge < -0.3 is 16.2 Å². The number of aliphatic hydroxyl groups is 1. The molecule has 0 unspecified atom stereocenters. The number of aromatic nitrogens is 2. The van der Waals surface area contributed by atoms with Crippen molar-refractivity contribution in [1.82, 2.24) is 9.97 Å². The van der Waals surface area contributed by atoms with Gasteiger partial charge in [0, 0.05) is 25.1 Å². The van der Waals surface area contributed by atoms with Crippen molar-refractivity contribution in [2.24, 2.45) is 5.41 Å². The van der Waals surface area contributed by atoms with Crippen molar-refractivity contribution in [2.75, 3.05) is 24.2 Å². The molecule has 4 N–H and O–H groups in total. The maximum absolute atomic E-state index is 9.08. The predicted octanol–water partition coefficient (Wildman–Crippen LogP) is 1.89. The number of anilines is 2. The third kappa shape index (κ3) is 3.35. The Labute approximate surface area is 114 Å². The van der Waals surface area contributed by atoms with Gasteiger partial charge in [-0.25, -0.2) is 9.97 Å². The molecule has 5 nitrogen and oxygen atoms in total. The van der Waals surface area contributed by atoms with Crippen molar-refractivity contribution in [3.05, 3.63) is 11.4 Å². The number of hydrogen-bond acceptors (Lipinski definition) is 5. The van der Waals surface area contributed by atoms with Crippen LogP contribution in [-0.4, -0.2) is 28.2 Å². The summed E-state index contributed by atoms with van der Waals surface area (Å²) in [6, 6.07) is 0. The summed E-state index contributed by atoms with van der Waals surface area (Å²) < 4.78 is 0. The Morgan fingerprint density at radius 1 is 1.37 bits per heavy atom. The molecule has 1 aromatic heterocycles. The second kappa shape index (κ2) is 5.74. The molecule has 1 aliphatic rings. The van der Waals surface area contributed by atoms with Gasteiger partial charge in [0.05, 0.1) is 0 Å². The Bertz CT molecular complexity index is 443. The van der Waals surface area contributed by atoms with Crippen molar-refractivity contribution < 1.29 is 5.11 Å². The van der Waals surface area contributed by atoms with E-state index >= 15 is 0 Å². The maximum atomic E-state index is 9.08. The molecule has 1 aromatic rings. The predicted molar refractivity (Wildman–Crippen MR) is 77.0 cm³/mol. The normalized spacial score (nSPS) is 16.4. The summed E-state index contributed by atoms with van der Waals surface area (Å²) in [6.07, 6.45) is 5.09. The van der Waals surface area contributed by atoms with E-state index in [0.29, 0.717) is 5.82 Å². The highest BCUT2D eigenvalue weighted by atomic mass is 16.3. The Kier molecular flexibility index (Phi) is 4.24. The van der Waals surface area contributed by atoms with Crippen LogP contribution >= 0.6 is 0 Å². The fourth-order valence-corrected chi connectivity index (χ4v) is 2.29. The zero-order valence-corrected chi connectivity index (χ0v) is 11.9. The van der Waals surface area contributed by atoms with Crippen LogP contribution in [-0.2, 0) is 6.42 Å². The van der Waals surface area contributed by atoms with E-state index in [1.165, 1.54) is 12.8 Å². The number of hydrogen-bond donors (Lipinski definition) is 3. The molecule has 1 fully saturated rings. The first-order valence-electron chi connectivity index (χ1n) is 7.08. The molecule has 0 atom stereocenters. The number of nitrogens with two attached hydrogens (primary N) is 1. The Morgan fingerprint density at radius 2 is 2.11 bits per heavy atom. The molecule has 1 aliphatic carbocycles. The van der Waals surface area contributed by atoms with Crippen molar-refractivity contribution in [3.63, 3.8) is 0 Å². The molecular formula is C14H24N4O. The molecule has 1 heterocycles.